The highest BCUT2D eigenvalue weighted by Crippen LogP contribution is 2.57. The van der Waals surface area contributed by atoms with Crippen LogP contribution in [-0.2, 0) is 10.2 Å². The molecule has 3 heteroatoms. The fraction of sp³-hybridized carbons (Fsp3) is 0.174. The number of carbonyl (C=O) groups excluding carboxylic acids is 1. The molecular formula is C23H21NO2. The normalized spacial score (nSPS) is 20.5. The predicted molar refractivity (Wildman–Crippen MR) is 101 cm³/mol. The minimum Gasteiger partial charge on any atom is -0.388 e. The Bertz CT molecular complexity index is 882. The fourth-order valence-electron chi connectivity index (χ4n) is 4.56. The van der Waals surface area contributed by atoms with Crippen LogP contribution in [-0.4, -0.2) is 11.0 Å². The SMILES string of the molecule is NC(=O)CC1C(O)c2ccccc2C1(c1ccccc1)c1ccccc1. The van der Waals surface area contributed by atoms with Crippen molar-refractivity contribution in [1.29, 1.82) is 0 Å². The van der Waals surface area contributed by atoms with Gasteiger partial charge in [-0.1, -0.05) is 84.9 Å². The van der Waals surface area contributed by atoms with Crippen LogP contribution in [0.5, 0.6) is 0 Å². The number of aliphatic hydroxyl groups is 1. The van der Waals surface area contributed by atoms with Gasteiger partial charge in [-0.05, 0) is 22.3 Å². The largest absolute Gasteiger partial charge is 0.388 e. The van der Waals surface area contributed by atoms with E-state index < -0.39 is 17.4 Å². The van der Waals surface area contributed by atoms with E-state index in [4.69, 9.17) is 5.73 Å². The molecule has 1 aliphatic rings. The molecule has 130 valence electrons. The molecule has 0 spiro atoms. The summed E-state index contributed by atoms with van der Waals surface area (Å²) in [7, 11) is 0. The van der Waals surface area contributed by atoms with Crippen LogP contribution >= 0.6 is 0 Å². The Labute approximate surface area is 153 Å². The van der Waals surface area contributed by atoms with Gasteiger partial charge < -0.3 is 10.8 Å². The lowest BCUT2D eigenvalue weighted by Gasteiger charge is -2.38. The van der Waals surface area contributed by atoms with Crippen molar-refractivity contribution in [3.05, 3.63) is 107 Å². The molecular weight excluding hydrogens is 322 g/mol. The molecule has 0 saturated carbocycles. The molecule has 1 amide bonds. The average Bonchev–Trinajstić information content (AvgIpc) is 2.92. The molecule has 0 aromatic heterocycles. The highest BCUT2D eigenvalue weighted by Gasteiger charge is 2.53. The van der Waals surface area contributed by atoms with Crippen molar-refractivity contribution in [3.8, 4) is 0 Å². The quantitative estimate of drug-likeness (QED) is 0.761. The van der Waals surface area contributed by atoms with Gasteiger partial charge in [0.25, 0.3) is 0 Å². The Kier molecular flexibility index (Phi) is 4.09. The molecule has 4 rings (SSSR count). The number of benzene rings is 3. The van der Waals surface area contributed by atoms with E-state index >= 15 is 0 Å². The molecule has 2 unspecified atom stereocenters. The van der Waals surface area contributed by atoms with Crippen molar-refractivity contribution in [1.82, 2.24) is 0 Å². The lowest BCUT2D eigenvalue weighted by molar-refractivity contribution is -0.120. The number of fused-ring (bicyclic) bond motifs is 1. The van der Waals surface area contributed by atoms with Gasteiger partial charge in [0.15, 0.2) is 0 Å². The Balaban J connectivity index is 2.09. The van der Waals surface area contributed by atoms with Gasteiger partial charge in [-0.2, -0.15) is 0 Å². The second-order valence-electron chi connectivity index (χ2n) is 6.85. The van der Waals surface area contributed by atoms with Gasteiger partial charge in [0.1, 0.15) is 0 Å². The number of primary amides is 1. The highest BCUT2D eigenvalue weighted by molar-refractivity contribution is 5.75. The zero-order chi connectivity index (χ0) is 18.1. The van der Waals surface area contributed by atoms with Gasteiger partial charge in [-0.3, -0.25) is 4.79 Å². The third-order valence-corrected chi connectivity index (χ3v) is 5.52. The lowest BCUT2D eigenvalue weighted by Crippen LogP contribution is -2.38. The number of rotatable bonds is 4. The van der Waals surface area contributed by atoms with Crippen molar-refractivity contribution in [2.24, 2.45) is 11.7 Å². The summed E-state index contributed by atoms with van der Waals surface area (Å²) in [5, 5.41) is 11.1. The monoisotopic (exact) mass is 343 g/mol. The fourth-order valence-corrected chi connectivity index (χ4v) is 4.56. The van der Waals surface area contributed by atoms with E-state index in [0.717, 1.165) is 22.3 Å². The summed E-state index contributed by atoms with van der Waals surface area (Å²) in [4.78, 5) is 11.9. The molecule has 1 aliphatic carbocycles. The zero-order valence-electron chi connectivity index (χ0n) is 14.4. The summed E-state index contributed by atoms with van der Waals surface area (Å²) >= 11 is 0. The first-order valence-corrected chi connectivity index (χ1v) is 8.82. The van der Waals surface area contributed by atoms with E-state index in [0.29, 0.717) is 0 Å². The first-order valence-electron chi connectivity index (χ1n) is 8.82. The lowest BCUT2D eigenvalue weighted by atomic mass is 9.64. The van der Waals surface area contributed by atoms with Crippen LogP contribution in [0.3, 0.4) is 0 Å². The Morgan fingerprint density at radius 2 is 1.35 bits per heavy atom. The highest BCUT2D eigenvalue weighted by atomic mass is 16.3. The van der Waals surface area contributed by atoms with Crippen LogP contribution < -0.4 is 5.73 Å². The number of amides is 1. The number of carbonyl (C=O) groups is 1. The van der Waals surface area contributed by atoms with Crippen molar-refractivity contribution >= 4 is 5.91 Å². The summed E-state index contributed by atoms with van der Waals surface area (Å²) in [5.41, 5.74) is 9.00. The molecule has 0 bridgehead atoms. The third-order valence-electron chi connectivity index (χ3n) is 5.52. The van der Waals surface area contributed by atoms with Gasteiger partial charge in [-0.25, -0.2) is 0 Å². The molecule has 3 nitrogen and oxygen atoms in total. The maximum Gasteiger partial charge on any atom is 0.217 e. The van der Waals surface area contributed by atoms with E-state index in [9.17, 15) is 9.90 Å². The molecule has 2 atom stereocenters. The van der Waals surface area contributed by atoms with Crippen molar-refractivity contribution in [3.63, 3.8) is 0 Å². The van der Waals surface area contributed by atoms with Gasteiger partial charge in [0.05, 0.1) is 11.5 Å². The van der Waals surface area contributed by atoms with Gasteiger partial charge in [0, 0.05) is 12.3 Å². The number of hydrogen-bond donors (Lipinski definition) is 2. The third kappa shape index (κ3) is 2.36. The van der Waals surface area contributed by atoms with Crippen LogP contribution in [0.15, 0.2) is 84.9 Å². The minimum atomic E-state index is -0.751. The maximum absolute atomic E-state index is 11.9. The average molecular weight is 343 g/mol. The molecule has 26 heavy (non-hydrogen) atoms. The van der Waals surface area contributed by atoms with Crippen LogP contribution in [0.2, 0.25) is 0 Å². The molecule has 3 N–H and O–H groups in total. The molecule has 0 heterocycles. The second-order valence-corrected chi connectivity index (χ2v) is 6.85. The van der Waals surface area contributed by atoms with Crippen LogP contribution in [0, 0.1) is 5.92 Å². The standard InChI is InChI=1S/C23H21NO2/c24-21(25)15-20-22(26)18-13-7-8-14-19(18)23(20,16-9-3-1-4-10-16)17-11-5-2-6-12-17/h1-14,20,22,26H,15H2,(H2,24,25). The molecule has 0 fully saturated rings. The Morgan fingerprint density at radius 1 is 0.846 bits per heavy atom. The minimum absolute atomic E-state index is 0.111. The first kappa shape index (κ1) is 16.6. The van der Waals surface area contributed by atoms with Crippen molar-refractivity contribution in [2.45, 2.75) is 17.9 Å². The van der Waals surface area contributed by atoms with E-state index in [-0.39, 0.29) is 12.3 Å². The van der Waals surface area contributed by atoms with Gasteiger partial charge >= 0.3 is 0 Å². The Hall–Kier alpha value is -2.91. The van der Waals surface area contributed by atoms with Crippen LogP contribution in [0.25, 0.3) is 0 Å². The molecule has 3 aromatic rings. The topological polar surface area (TPSA) is 63.3 Å². The van der Waals surface area contributed by atoms with Crippen molar-refractivity contribution < 1.29 is 9.90 Å². The summed E-state index contributed by atoms with van der Waals surface area (Å²) in [5.74, 6) is -0.764. The summed E-state index contributed by atoms with van der Waals surface area (Å²) in [6.45, 7) is 0. The Morgan fingerprint density at radius 3 is 1.88 bits per heavy atom. The van der Waals surface area contributed by atoms with E-state index in [1.807, 2.05) is 54.6 Å². The number of hydrogen-bond acceptors (Lipinski definition) is 2. The van der Waals surface area contributed by atoms with Crippen LogP contribution in [0.4, 0.5) is 0 Å². The van der Waals surface area contributed by atoms with Gasteiger partial charge in [-0.15, -0.1) is 0 Å². The molecule has 3 aromatic carbocycles. The summed E-state index contributed by atoms with van der Waals surface area (Å²) < 4.78 is 0. The smallest absolute Gasteiger partial charge is 0.217 e. The van der Waals surface area contributed by atoms with E-state index in [2.05, 4.69) is 30.3 Å². The number of aliphatic hydroxyl groups excluding tert-OH is 1. The number of nitrogens with two attached hydrogens (primary N) is 1. The van der Waals surface area contributed by atoms with Crippen LogP contribution in [0.1, 0.15) is 34.8 Å². The predicted octanol–water partition coefficient (Wildman–Crippen LogP) is 3.56. The maximum atomic E-state index is 11.9. The molecule has 0 aliphatic heterocycles. The van der Waals surface area contributed by atoms with E-state index in [1.165, 1.54) is 0 Å². The van der Waals surface area contributed by atoms with E-state index in [1.54, 1.807) is 0 Å². The van der Waals surface area contributed by atoms with Gasteiger partial charge in [0.2, 0.25) is 5.91 Å². The first-order chi connectivity index (χ1) is 12.7. The molecule has 0 radical (unpaired) electrons. The summed E-state index contributed by atoms with van der Waals surface area (Å²) in [6.07, 6.45) is -0.640. The second kappa shape index (κ2) is 6.43. The summed E-state index contributed by atoms with van der Waals surface area (Å²) in [6, 6.07) is 28.1. The molecule has 0 saturated heterocycles. The zero-order valence-corrected chi connectivity index (χ0v) is 14.4. The van der Waals surface area contributed by atoms with Crippen molar-refractivity contribution in [2.75, 3.05) is 0 Å².